The second-order valence-electron chi connectivity index (χ2n) is 4.02. The third kappa shape index (κ3) is 2.34. The second-order valence-corrected chi connectivity index (χ2v) is 4.02. The first kappa shape index (κ1) is 12.2. The van der Waals surface area contributed by atoms with Gasteiger partial charge in [0.05, 0.1) is 6.92 Å². The molecule has 0 spiro atoms. The van der Waals surface area contributed by atoms with E-state index in [1.54, 1.807) is 0 Å². The molecule has 3 heteroatoms. The highest BCUT2D eigenvalue weighted by atomic mass is 127. The molecule has 0 aromatic carbocycles. The van der Waals surface area contributed by atoms with Crippen LogP contribution in [-0.4, -0.2) is 29.2 Å². The topological polar surface area (TPSA) is 12.2 Å². The maximum Gasteiger partial charge on any atom is 0.333 e. The predicted molar refractivity (Wildman–Crippen MR) is 46.1 cm³/mol. The Balaban J connectivity index is 0.00000121. The van der Waals surface area contributed by atoms with Gasteiger partial charge in [0, 0.05) is 20.3 Å². The van der Waals surface area contributed by atoms with Crippen molar-refractivity contribution in [2.75, 3.05) is 7.05 Å². The Bertz CT molecular complexity index is 199. The fraction of sp³-hybridized carbons (Fsp3) is 0.889. The molecule has 1 aliphatic heterocycles. The lowest BCUT2D eigenvalue weighted by Gasteiger charge is -2.30. The van der Waals surface area contributed by atoms with Crippen molar-refractivity contribution < 1.29 is 33.3 Å². The molecule has 0 bridgehead atoms. The largest absolute Gasteiger partial charge is 1.00 e. The van der Waals surface area contributed by atoms with Crippen LogP contribution < -0.4 is 24.0 Å². The van der Waals surface area contributed by atoms with Gasteiger partial charge >= 0.3 is 5.90 Å². The molecule has 1 aliphatic rings. The summed E-state index contributed by atoms with van der Waals surface area (Å²) < 4.78 is 7.78. The third-order valence-electron chi connectivity index (χ3n) is 2.54. The van der Waals surface area contributed by atoms with Crippen molar-refractivity contribution >= 4 is 5.90 Å². The summed E-state index contributed by atoms with van der Waals surface area (Å²) in [5.41, 5.74) is 0.252. The minimum absolute atomic E-state index is 0. The molecule has 0 aromatic heterocycles. The Morgan fingerprint density at radius 3 is 2.42 bits per heavy atom. The van der Waals surface area contributed by atoms with Gasteiger partial charge in [-0.05, 0) is 6.92 Å². The number of ether oxygens (including phenoxy) is 1. The van der Waals surface area contributed by atoms with Crippen molar-refractivity contribution in [2.24, 2.45) is 0 Å². The molecule has 0 saturated carbocycles. The fourth-order valence-electron chi connectivity index (χ4n) is 1.68. The standard InChI is InChI=1S/C9H18NO.HI/c1-7-6-9(3,4)10(5)8(2)11-7;/h7H,6H2,1-5H3;1H/q+1;/p-1. The Labute approximate surface area is 92.0 Å². The van der Waals surface area contributed by atoms with Gasteiger partial charge in [-0.1, -0.05) is 0 Å². The van der Waals surface area contributed by atoms with E-state index >= 15 is 0 Å². The number of hydrogen-bond acceptors (Lipinski definition) is 1. The molecule has 1 atom stereocenters. The third-order valence-corrected chi connectivity index (χ3v) is 2.54. The van der Waals surface area contributed by atoms with Gasteiger partial charge in [0.1, 0.15) is 13.2 Å². The highest BCUT2D eigenvalue weighted by molar-refractivity contribution is 5.68. The van der Waals surface area contributed by atoms with Crippen molar-refractivity contribution in [3.05, 3.63) is 0 Å². The van der Waals surface area contributed by atoms with Crippen LogP contribution in [0.2, 0.25) is 0 Å². The molecule has 0 N–H and O–H groups in total. The first-order chi connectivity index (χ1) is 4.93. The average Bonchev–Trinajstić information content (AvgIpc) is 1.81. The second kappa shape index (κ2) is 3.94. The highest BCUT2D eigenvalue weighted by Crippen LogP contribution is 2.21. The summed E-state index contributed by atoms with van der Waals surface area (Å²) in [6.07, 6.45) is 1.46. The van der Waals surface area contributed by atoms with Crippen LogP contribution in [-0.2, 0) is 4.74 Å². The minimum Gasteiger partial charge on any atom is -1.00 e. The van der Waals surface area contributed by atoms with E-state index in [1.807, 2.05) is 6.92 Å². The molecule has 12 heavy (non-hydrogen) atoms. The summed E-state index contributed by atoms with van der Waals surface area (Å²) in [4.78, 5) is 0. The highest BCUT2D eigenvalue weighted by Gasteiger charge is 2.37. The summed E-state index contributed by atoms with van der Waals surface area (Å²) in [6.45, 7) is 8.64. The lowest BCUT2D eigenvalue weighted by molar-refractivity contribution is -0.594. The summed E-state index contributed by atoms with van der Waals surface area (Å²) in [6, 6.07) is 0. The Kier molecular flexibility index (Phi) is 4.00. The Hall–Kier alpha value is 0.200. The van der Waals surface area contributed by atoms with Crippen molar-refractivity contribution in [3.63, 3.8) is 0 Å². The van der Waals surface area contributed by atoms with Gasteiger partial charge < -0.3 is 28.7 Å². The first-order valence-corrected chi connectivity index (χ1v) is 4.17. The van der Waals surface area contributed by atoms with Gasteiger partial charge in [-0.25, -0.2) is 4.58 Å². The minimum atomic E-state index is 0. The molecular weight excluding hydrogens is 265 g/mol. The van der Waals surface area contributed by atoms with Gasteiger partial charge in [0.15, 0.2) is 5.54 Å². The molecule has 0 saturated heterocycles. The molecule has 1 rings (SSSR count). The lowest BCUT2D eigenvalue weighted by Crippen LogP contribution is -3.00. The van der Waals surface area contributed by atoms with E-state index < -0.39 is 0 Å². The molecule has 1 heterocycles. The van der Waals surface area contributed by atoms with Crippen molar-refractivity contribution in [2.45, 2.75) is 45.8 Å². The molecule has 2 nitrogen and oxygen atoms in total. The van der Waals surface area contributed by atoms with Crippen molar-refractivity contribution in [1.29, 1.82) is 0 Å². The monoisotopic (exact) mass is 283 g/mol. The van der Waals surface area contributed by atoms with Crippen LogP contribution in [0.1, 0.15) is 34.1 Å². The zero-order chi connectivity index (χ0) is 8.65. The first-order valence-electron chi connectivity index (χ1n) is 4.17. The summed E-state index contributed by atoms with van der Waals surface area (Å²) in [7, 11) is 2.08. The maximum absolute atomic E-state index is 5.58. The van der Waals surface area contributed by atoms with Crippen LogP contribution in [0.3, 0.4) is 0 Å². The van der Waals surface area contributed by atoms with Gasteiger partial charge in [-0.3, -0.25) is 0 Å². The SMILES string of the molecule is CC1=[N+](C)C(C)(C)CC(C)O1.[I-]. The summed E-state index contributed by atoms with van der Waals surface area (Å²) >= 11 is 0. The van der Waals surface area contributed by atoms with E-state index in [4.69, 9.17) is 4.74 Å². The quantitative estimate of drug-likeness (QED) is 0.395. The normalized spacial score (nSPS) is 27.6. The fourth-order valence-corrected chi connectivity index (χ4v) is 1.68. The van der Waals surface area contributed by atoms with Crippen LogP contribution in [0.15, 0.2) is 0 Å². The zero-order valence-corrected chi connectivity index (χ0v) is 10.7. The van der Waals surface area contributed by atoms with E-state index in [0.29, 0.717) is 6.10 Å². The van der Waals surface area contributed by atoms with E-state index in [9.17, 15) is 0 Å². The number of rotatable bonds is 0. The molecule has 0 amide bonds. The van der Waals surface area contributed by atoms with Crippen molar-refractivity contribution in [1.82, 2.24) is 0 Å². The summed E-state index contributed by atoms with van der Waals surface area (Å²) in [5, 5.41) is 0. The zero-order valence-electron chi connectivity index (χ0n) is 8.52. The molecule has 0 radical (unpaired) electrons. The molecule has 1 unspecified atom stereocenters. The van der Waals surface area contributed by atoms with Crippen LogP contribution >= 0.6 is 0 Å². The molecule has 0 aliphatic carbocycles. The summed E-state index contributed by atoms with van der Waals surface area (Å²) in [5.74, 6) is 1.04. The number of halogens is 1. The van der Waals surface area contributed by atoms with Crippen LogP contribution in [0.5, 0.6) is 0 Å². The van der Waals surface area contributed by atoms with E-state index in [2.05, 4.69) is 32.4 Å². The van der Waals surface area contributed by atoms with Crippen LogP contribution in [0.25, 0.3) is 0 Å². The Morgan fingerprint density at radius 2 is 2.00 bits per heavy atom. The molecule has 0 aromatic rings. The number of nitrogens with zero attached hydrogens (tertiary/aromatic N) is 1. The maximum atomic E-state index is 5.58. The van der Waals surface area contributed by atoms with E-state index in [-0.39, 0.29) is 29.5 Å². The van der Waals surface area contributed by atoms with Crippen molar-refractivity contribution in [3.8, 4) is 0 Å². The van der Waals surface area contributed by atoms with Gasteiger partial charge in [0.25, 0.3) is 0 Å². The smallest absolute Gasteiger partial charge is 0.333 e. The van der Waals surface area contributed by atoms with Gasteiger partial charge in [-0.2, -0.15) is 0 Å². The Morgan fingerprint density at radius 1 is 1.50 bits per heavy atom. The van der Waals surface area contributed by atoms with E-state index in [1.165, 1.54) is 0 Å². The van der Waals surface area contributed by atoms with Crippen LogP contribution in [0.4, 0.5) is 0 Å². The lowest BCUT2D eigenvalue weighted by atomic mass is 9.95. The van der Waals surface area contributed by atoms with Crippen LogP contribution in [0, 0.1) is 0 Å². The van der Waals surface area contributed by atoms with Gasteiger partial charge in [0.2, 0.25) is 0 Å². The average molecular weight is 283 g/mol. The van der Waals surface area contributed by atoms with E-state index in [0.717, 1.165) is 12.3 Å². The van der Waals surface area contributed by atoms with Gasteiger partial charge in [-0.15, -0.1) is 0 Å². The molecule has 0 fully saturated rings. The molecular formula is C9H18INO. The predicted octanol–water partition coefficient (Wildman–Crippen LogP) is -1.36. The molecule has 72 valence electrons. The number of hydrogen-bond donors (Lipinski definition) is 0.